The molecule has 1 amide bonds. The topological polar surface area (TPSA) is 54.9 Å². The van der Waals surface area contributed by atoms with Crippen LogP contribution in [-0.2, 0) is 0 Å². The van der Waals surface area contributed by atoms with Crippen LogP contribution in [0.3, 0.4) is 0 Å². The third-order valence-corrected chi connectivity index (χ3v) is 5.16. The van der Waals surface area contributed by atoms with E-state index in [9.17, 15) is 4.79 Å². The summed E-state index contributed by atoms with van der Waals surface area (Å²) in [5.41, 5.74) is 3.25. The number of aromatic nitrogens is 2. The van der Waals surface area contributed by atoms with Crippen LogP contribution < -0.4 is 5.32 Å². The van der Waals surface area contributed by atoms with Crippen molar-refractivity contribution < 1.29 is 4.79 Å². The number of fused-ring (bicyclic) bond motifs is 1. The first-order chi connectivity index (χ1) is 12.2. The Labute approximate surface area is 156 Å². The highest BCUT2D eigenvalue weighted by Crippen LogP contribution is 2.29. The van der Waals surface area contributed by atoms with Crippen LogP contribution in [0.2, 0.25) is 0 Å². The van der Waals surface area contributed by atoms with E-state index in [0.29, 0.717) is 5.56 Å². The van der Waals surface area contributed by atoms with E-state index in [1.807, 2.05) is 48.5 Å². The average molecular weight is 410 g/mol. The minimum Gasteiger partial charge on any atom is -0.322 e. The maximum Gasteiger partial charge on any atom is 0.255 e. The minimum absolute atomic E-state index is 0.141. The summed E-state index contributed by atoms with van der Waals surface area (Å²) >= 11 is 4.93. The molecule has 0 saturated carbocycles. The standard InChI is InChI=1S/C19H12BrN3OS/c20-14-4-1-3-13(11-14)17(24)22-15-8-6-12(7-9-15)18-23-16-5-2-10-21-19(16)25-18/h1-11H,(H,22,24). The molecule has 2 aromatic carbocycles. The van der Waals surface area contributed by atoms with E-state index in [1.165, 1.54) is 0 Å². The summed E-state index contributed by atoms with van der Waals surface area (Å²) in [4.78, 5) is 22.1. The first-order valence-electron chi connectivity index (χ1n) is 7.58. The van der Waals surface area contributed by atoms with E-state index in [0.717, 1.165) is 31.1 Å². The van der Waals surface area contributed by atoms with Crippen molar-refractivity contribution in [1.82, 2.24) is 9.97 Å². The number of nitrogens with zero attached hydrogens (tertiary/aromatic N) is 2. The quantitative estimate of drug-likeness (QED) is 0.494. The lowest BCUT2D eigenvalue weighted by atomic mass is 10.2. The molecular formula is C19H12BrN3OS. The average Bonchev–Trinajstić information content (AvgIpc) is 3.06. The van der Waals surface area contributed by atoms with Crippen LogP contribution in [0.25, 0.3) is 20.9 Å². The number of pyridine rings is 1. The number of hydrogen-bond donors (Lipinski definition) is 1. The molecule has 0 saturated heterocycles. The summed E-state index contributed by atoms with van der Waals surface area (Å²) in [7, 11) is 0. The van der Waals surface area contributed by atoms with Gasteiger partial charge in [-0.3, -0.25) is 4.79 Å². The van der Waals surface area contributed by atoms with Crippen molar-refractivity contribution in [3.05, 3.63) is 76.9 Å². The van der Waals surface area contributed by atoms with Crippen molar-refractivity contribution >= 4 is 49.2 Å². The maximum absolute atomic E-state index is 12.3. The Hall–Kier alpha value is -2.57. The molecule has 4 nitrogen and oxygen atoms in total. The first-order valence-corrected chi connectivity index (χ1v) is 9.19. The molecule has 0 fully saturated rings. The maximum atomic E-state index is 12.3. The molecule has 4 aromatic rings. The van der Waals surface area contributed by atoms with E-state index < -0.39 is 0 Å². The molecule has 122 valence electrons. The van der Waals surface area contributed by atoms with Crippen LogP contribution >= 0.6 is 27.3 Å². The molecule has 2 heterocycles. The fourth-order valence-corrected chi connectivity index (χ4v) is 3.73. The summed E-state index contributed by atoms with van der Waals surface area (Å²) in [5, 5.41) is 3.82. The highest BCUT2D eigenvalue weighted by atomic mass is 79.9. The number of amides is 1. The van der Waals surface area contributed by atoms with Gasteiger partial charge in [0.05, 0.1) is 0 Å². The Morgan fingerprint density at radius 2 is 1.88 bits per heavy atom. The number of halogens is 1. The Bertz CT molecular complexity index is 1030. The second-order valence-electron chi connectivity index (χ2n) is 5.39. The van der Waals surface area contributed by atoms with Crippen molar-refractivity contribution in [2.24, 2.45) is 0 Å². The normalized spacial score (nSPS) is 10.8. The molecule has 25 heavy (non-hydrogen) atoms. The summed E-state index contributed by atoms with van der Waals surface area (Å²) < 4.78 is 0.875. The van der Waals surface area contributed by atoms with Gasteiger partial charge >= 0.3 is 0 Å². The van der Waals surface area contributed by atoms with Crippen molar-refractivity contribution in [1.29, 1.82) is 0 Å². The van der Waals surface area contributed by atoms with Gasteiger partial charge in [-0.15, -0.1) is 0 Å². The number of benzene rings is 2. The van der Waals surface area contributed by atoms with Crippen molar-refractivity contribution in [3.8, 4) is 10.6 Å². The molecule has 2 aromatic heterocycles. The zero-order valence-corrected chi connectivity index (χ0v) is 15.3. The van der Waals surface area contributed by atoms with Gasteiger partial charge in [0.25, 0.3) is 5.91 Å². The Kier molecular flexibility index (Phi) is 4.29. The second-order valence-corrected chi connectivity index (χ2v) is 7.28. The molecule has 0 spiro atoms. The van der Waals surface area contributed by atoms with E-state index >= 15 is 0 Å². The minimum atomic E-state index is -0.141. The highest BCUT2D eigenvalue weighted by Gasteiger charge is 2.09. The van der Waals surface area contributed by atoms with Gasteiger partial charge in [-0.25, -0.2) is 9.97 Å². The lowest BCUT2D eigenvalue weighted by Gasteiger charge is -2.06. The molecule has 0 aliphatic heterocycles. The van der Waals surface area contributed by atoms with Gasteiger partial charge in [0.15, 0.2) is 0 Å². The number of hydrogen-bond acceptors (Lipinski definition) is 4. The number of rotatable bonds is 3. The van der Waals surface area contributed by atoms with Gasteiger partial charge in [0, 0.05) is 27.5 Å². The number of carbonyl (C=O) groups is 1. The molecular weight excluding hydrogens is 398 g/mol. The fraction of sp³-hybridized carbons (Fsp3) is 0. The van der Waals surface area contributed by atoms with Gasteiger partial charge < -0.3 is 5.32 Å². The molecule has 0 radical (unpaired) electrons. The zero-order chi connectivity index (χ0) is 17.2. The van der Waals surface area contributed by atoms with Crippen LogP contribution in [0.4, 0.5) is 5.69 Å². The van der Waals surface area contributed by atoms with Gasteiger partial charge in [-0.05, 0) is 54.6 Å². The van der Waals surface area contributed by atoms with E-state index in [4.69, 9.17) is 0 Å². The highest BCUT2D eigenvalue weighted by molar-refractivity contribution is 9.10. The van der Waals surface area contributed by atoms with Gasteiger partial charge in [-0.2, -0.15) is 0 Å². The molecule has 1 N–H and O–H groups in total. The molecule has 6 heteroatoms. The summed E-state index contributed by atoms with van der Waals surface area (Å²) in [6, 6.07) is 18.8. The lowest BCUT2D eigenvalue weighted by molar-refractivity contribution is 0.102. The van der Waals surface area contributed by atoms with E-state index in [-0.39, 0.29) is 5.91 Å². The predicted molar refractivity (Wildman–Crippen MR) is 105 cm³/mol. The molecule has 4 rings (SSSR count). The summed E-state index contributed by atoms with van der Waals surface area (Å²) in [5.74, 6) is -0.141. The second kappa shape index (κ2) is 6.74. The van der Waals surface area contributed by atoms with Crippen molar-refractivity contribution in [2.45, 2.75) is 0 Å². The van der Waals surface area contributed by atoms with Crippen LogP contribution in [0.15, 0.2) is 71.3 Å². The molecule has 0 aliphatic rings. The molecule has 0 bridgehead atoms. The SMILES string of the molecule is O=C(Nc1ccc(-c2nc3cccnc3s2)cc1)c1cccc(Br)c1. The third kappa shape index (κ3) is 3.45. The van der Waals surface area contributed by atoms with Crippen molar-refractivity contribution in [2.75, 3.05) is 5.32 Å². The van der Waals surface area contributed by atoms with Gasteiger partial charge in [-0.1, -0.05) is 33.3 Å². The van der Waals surface area contributed by atoms with Crippen LogP contribution in [0.1, 0.15) is 10.4 Å². The monoisotopic (exact) mass is 409 g/mol. The fourth-order valence-electron chi connectivity index (χ4n) is 2.42. The number of nitrogens with one attached hydrogen (secondary N) is 1. The lowest BCUT2D eigenvalue weighted by Crippen LogP contribution is -2.11. The van der Waals surface area contributed by atoms with Gasteiger partial charge in [0.2, 0.25) is 0 Å². The van der Waals surface area contributed by atoms with Crippen molar-refractivity contribution in [3.63, 3.8) is 0 Å². The third-order valence-electron chi connectivity index (χ3n) is 3.64. The van der Waals surface area contributed by atoms with E-state index in [2.05, 4.69) is 31.2 Å². The number of carbonyl (C=O) groups excluding carboxylic acids is 1. The Balaban J connectivity index is 1.54. The summed E-state index contributed by atoms with van der Waals surface area (Å²) in [6.07, 6.45) is 1.77. The van der Waals surface area contributed by atoms with E-state index in [1.54, 1.807) is 29.7 Å². The number of thiazole rings is 1. The Morgan fingerprint density at radius 3 is 2.64 bits per heavy atom. The van der Waals surface area contributed by atoms with Crippen LogP contribution in [0, 0.1) is 0 Å². The largest absolute Gasteiger partial charge is 0.322 e. The predicted octanol–water partition coefficient (Wildman–Crippen LogP) is 5.37. The molecule has 0 atom stereocenters. The first kappa shape index (κ1) is 15.9. The zero-order valence-electron chi connectivity index (χ0n) is 12.9. The molecule has 0 aliphatic carbocycles. The Morgan fingerprint density at radius 1 is 1.04 bits per heavy atom. The smallest absolute Gasteiger partial charge is 0.255 e. The van der Waals surface area contributed by atoms with Gasteiger partial charge in [0.1, 0.15) is 15.4 Å². The molecule has 0 unspecified atom stereocenters. The summed E-state index contributed by atoms with van der Waals surface area (Å²) in [6.45, 7) is 0. The van der Waals surface area contributed by atoms with Crippen LogP contribution in [0.5, 0.6) is 0 Å². The number of anilines is 1. The van der Waals surface area contributed by atoms with Crippen LogP contribution in [-0.4, -0.2) is 15.9 Å².